The number of hydrogen-bond acceptors (Lipinski definition) is 2. The first kappa shape index (κ1) is 11.0. The topological polar surface area (TPSA) is 57.6 Å². The van der Waals surface area contributed by atoms with Crippen LogP contribution in [0.15, 0.2) is 0 Å². The van der Waals surface area contributed by atoms with Crippen molar-refractivity contribution in [3.63, 3.8) is 0 Å². The van der Waals surface area contributed by atoms with Gasteiger partial charge >= 0.3 is 5.97 Å². The van der Waals surface area contributed by atoms with Gasteiger partial charge in [-0.3, -0.25) is 9.59 Å². The first-order valence-electron chi connectivity index (χ1n) is 4.99. The highest BCUT2D eigenvalue weighted by atomic mass is 16.4. The molecular weight excluding hydrogens is 182 g/mol. The van der Waals surface area contributed by atoms with Crippen LogP contribution in [-0.2, 0) is 9.59 Å². The van der Waals surface area contributed by atoms with E-state index in [9.17, 15) is 9.59 Å². The maximum absolute atomic E-state index is 11.5. The van der Waals surface area contributed by atoms with Crippen LogP contribution < -0.4 is 0 Å². The summed E-state index contributed by atoms with van der Waals surface area (Å²) in [6, 6.07) is -0.0307. The Morgan fingerprint density at radius 1 is 1.50 bits per heavy atom. The highest BCUT2D eigenvalue weighted by Crippen LogP contribution is 2.27. The normalized spacial score (nSPS) is 24.4. The predicted molar refractivity (Wildman–Crippen MR) is 51.8 cm³/mol. The summed E-state index contributed by atoms with van der Waals surface area (Å²) in [6.07, 6.45) is 1.16. The molecule has 1 fully saturated rings. The third-order valence-corrected chi connectivity index (χ3v) is 2.82. The van der Waals surface area contributed by atoms with Crippen molar-refractivity contribution in [2.45, 2.75) is 45.7 Å². The third-order valence-electron chi connectivity index (χ3n) is 2.82. The van der Waals surface area contributed by atoms with Crippen molar-refractivity contribution in [1.82, 2.24) is 4.90 Å². The van der Waals surface area contributed by atoms with E-state index in [1.165, 1.54) is 0 Å². The van der Waals surface area contributed by atoms with E-state index in [0.29, 0.717) is 12.8 Å². The Labute approximate surface area is 83.9 Å². The number of carbonyl (C=O) groups is 2. The van der Waals surface area contributed by atoms with E-state index in [1.54, 1.807) is 11.8 Å². The van der Waals surface area contributed by atoms with Crippen molar-refractivity contribution >= 4 is 11.9 Å². The molecule has 1 amide bonds. The van der Waals surface area contributed by atoms with Gasteiger partial charge in [-0.25, -0.2) is 0 Å². The molecule has 0 bridgehead atoms. The van der Waals surface area contributed by atoms with Crippen LogP contribution in [0.5, 0.6) is 0 Å². The summed E-state index contributed by atoms with van der Waals surface area (Å²) in [5.41, 5.74) is 0. The lowest BCUT2D eigenvalue weighted by atomic mass is 9.99. The van der Waals surface area contributed by atoms with Crippen LogP contribution >= 0.6 is 0 Å². The molecule has 0 saturated carbocycles. The molecule has 1 aliphatic rings. The van der Waals surface area contributed by atoms with Gasteiger partial charge in [0.15, 0.2) is 0 Å². The predicted octanol–water partition coefficient (Wildman–Crippen LogP) is 1.11. The van der Waals surface area contributed by atoms with E-state index in [-0.39, 0.29) is 18.0 Å². The standard InChI is InChI=1S/C10H17NO3/c1-6(2)11-8(4-5-9(11)12)7(3)10(13)14/h6-8H,4-5H2,1-3H3,(H,13,14). The monoisotopic (exact) mass is 199 g/mol. The van der Waals surface area contributed by atoms with Crippen molar-refractivity contribution in [3.05, 3.63) is 0 Å². The number of carbonyl (C=O) groups excluding carboxylic acids is 1. The zero-order chi connectivity index (χ0) is 10.9. The van der Waals surface area contributed by atoms with Gasteiger partial charge in [0.05, 0.1) is 5.92 Å². The second-order valence-electron chi connectivity index (χ2n) is 4.13. The molecule has 1 rings (SSSR count). The number of carboxylic acids is 1. The first-order chi connectivity index (χ1) is 6.45. The largest absolute Gasteiger partial charge is 0.481 e. The average Bonchev–Trinajstić information content (AvgIpc) is 2.45. The molecular formula is C10H17NO3. The zero-order valence-electron chi connectivity index (χ0n) is 8.86. The molecule has 0 radical (unpaired) electrons. The van der Waals surface area contributed by atoms with Crippen LogP contribution in [0.3, 0.4) is 0 Å². The van der Waals surface area contributed by atoms with Gasteiger partial charge in [0.1, 0.15) is 0 Å². The molecule has 0 aromatic rings. The fourth-order valence-corrected chi connectivity index (χ4v) is 2.05. The smallest absolute Gasteiger partial charge is 0.308 e. The molecule has 1 saturated heterocycles. The SMILES string of the molecule is CC(C(=O)O)C1CCC(=O)N1C(C)C. The minimum Gasteiger partial charge on any atom is -0.481 e. The molecule has 80 valence electrons. The lowest BCUT2D eigenvalue weighted by Crippen LogP contribution is -2.44. The van der Waals surface area contributed by atoms with Crippen molar-refractivity contribution in [2.24, 2.45) is 5.92 Å². The minimum atomic E-state index is -0.824. The fourth-order valence-electron chi connectivity index (χ4n) is 2.05. The van der Waals surface area contributed by atoms with Gasteiger partial charge < -0.3 is 10.0 Å². The number of rotatable bonds is 3. The van der Waals surface area contributed by atoms with Gasteiger partial charge in [0.25, 0.3) is 0 Å². The van der Waals surface area contributed by atoms with Gasteiger partial charge in [-0.05, 0) is 27.2 Å². The van der Waals surface area contributed by atoms with E-state index in [1.807, 2.05) is 13.8 Å². The Morgan fingerprint density at radius 2 is 2.07 bits per heavy atom. The molecule has 4 heteroatoms. The molecule has 1 N–H and O–H groups in total. The van der Waals surface area contributed by atoms with Crippen LogP contribution in [0.4, 0.5) is 0 Å². The van der Waals surface area contributed by atoms with Crippen molar-refractivity contribution in [2.75, 3.05) is 0 Å². The van der Waals surface area contributed by atoms with Crippen LogP contribution in [0.2, 0.25) is 0 Å². The van der Waals surface area contributed by atoms with Gasteiger partial charge in [-0.2, -0.15) is 0 Å². The number of amides is 1. The second-order valence-corrected chi connectivity index (χ2v) is 4.13. The van der Waals surface area contributed by atoms with Gasteiger partial charge in [-0.1, -0.05) is 0 Å². The third kappa shape index (κ3) is 1.89. The van der Waals surface area contributed by atoms with E-state index >= 15 is 0 Å². The van der Waals surface area contributed by atoms with E-state index < -0.39 is 11.9 Å². The van der Waals surface area contributed by atoms with Crippen LogP contribution in [0, 0.1) is 5.92 Å². The molecule has 0 aliphatic carbocycles. The maximum Gasteiger partial charge on any atom is 0.308 e. The molecule has 0 spiro atoms. The number of hydrogen-bond donors (Lipinski definition) is 1. The molecule has 0 aromatic heterocycles. The highest BCUT2D eigenvalue weighted by Gasteiger charge is 2.38. The molecule has 2 unspecified atom stereocenters. The molecule has 1 heterocycles. The van der Waals surface area contributed by atoms with Gasteiger partial charge in [0.2, 0.25) is 5.91 Å². The Kier molecular flexibility index (Phi) is 3.13. The molecule has 4 nitrogen and oxygen atoms in total. The summed E-state index contributed by atoms with van der Waals surface area (Å²) in [5, 5.41) is 8.89. The Morgan fingerprint density at radius 3 is 2.50 bits per heavy atom. The van der Waals surface area contributed by atoms with Crippen LogP contribution in [0.25, 0.3) is 0 Å². The fraction of sp³-hybridized carbons (Fsp3) is 0.800. The highest BCUT2D eigenvalue weighted by molar-refractivity contribution is 5.81. The maximum atomic E-state index is 11.5. The quantitative estimate of drug-likeness (QED) is 0.740. The van der Waals surface area contributed by atoms with Crippen LogP contribution in [-0.4, -0.2) is 34.0 Å². The van der Waals surface area contributed by atoms with Gasteiger partial charge in [0, 0.05) is 18.5 Å². The number of aliphatic carboxylic acids is 1. The number of likely N-dealkylation sites (tertiary alicyclic amines) is 1. The second kappa shape index (κ2) is 3.98. The lowest BCUT2D eigenvalue weighted by Gasteiger charge is -2.31. The lowest BCUT2D eigenvalue weighted by molar-refractivity contribution is -0.144. The van der Waals surface area contributed by atoms with Crippen molar-refractivity contribution in [1.29, 1.82) is 0 Å². The average molecular weight is 199 g/mol. The Balaban J connectivity index is 2.79. The molecule has 2 atom stereocenters. The summed E-state index contributed by atoms with van der Waals surface area (Å²) >= 11 is 0. The number of nitrogens with zero attached hydrogens (tertiary/aromatic N) is 1. The van der Waals surface area contributed by atoms with Crippen LogP contribution in [0.1, 0.15) is 33.6 Å². The first-order valence-corrected chi connectivity index (χ1v) is 4.99. The van der Waals surface area contributed by atoms with E-state index in [4.69, 9.17) is 5.11 Å². The van der Waals surface area contributed by atoms with Gasteiger partial charge in [-0.15, -0.1) is 0 Å². The van der Waals surface area contributed by atoms with E-state index in [2.05, 4.69) is 0 Å². The minimum absolute atomic E-state index is 0.0816. The summed E-state index contributed by atoms with van der Waals surface area (Å²) in [5.74, 6) is -1.21. The summed E-state index contributed by atoms with van der Waals surface area (Å²) in [6.45, 7) is 5.51. The zero-order valence-corrected chi connectivity index (χ0v) is 8.86. The number of carboxylic acid groups (broad SMARTS) is 1. The van der Waals surface area contributed by atoms with Crippen molar-refractivity contribution in [3.8, 4) is 0 Å². The molecule has 14 heavy (non-hydrogen) atoms. The molecule has 0 aromatic carbocycles. The summed E-state index contributed by atoms with van der Waals surface area (Å²) < 4.78 is 0. The Bertz CT molecular complexity index is 250. The summed E-state index contributed by atoms with van der Waals surface area (Å²) in [4.78, 5) is 24.0. The van der Waals surface area contributed by atoms with Crippen molar-refractivity contribution < 1.29 is 14.7 Å². The molecule has 1 aliphatic heterocycles. The Hall–Kier alpha value is -1.06. The van der Waals surface area contributed by atoms with E-state index in [0.717, 1.165) is 0 Å². The summed E-state index contributed by atoms with van der Waals surface area (Å²) in [7, 11) is 0.